The third-order valence-corrected chi connectivity index (χ3v) is 3.56. The Bertz CT molecular complexity index is 397. The van der Waals surface area contributed by atoms with E-state index in [-0.39, 0.29) is 17.4 Å². The summed E-state index contributed by atoms with van der Waals surface area (Å²) in [4.78, 5) is 12.1. The van der Waals surface area contributed by atoms with Crippen molar-refractivity contribution in [2.24, 2.45) is 5.41 Å². The zero-order valence-electron chi connectivity index (χ0n) is 11.0. The van der Waals surface area contributed by atoms with E-state index in [1.807, 2.05) is 0 Å². The molecule has 2 nitrogen and oxygen atoms in total. The van der Waals surface area contributed by atoms with Crippen molar-refractivity contribution in [3.8, 4) is 0 Å². The van der Waals surface area contributed by atoms with E-state index in [1.54, 1.807) is 24.3 Å². The molecule has 100 valence electrons. The molecule has 0 heterocycles. The lowest BCUT2D eigenvalue weighted by molar-refractivity contribution is 0.0901. The third kappa shape index (κ3) is 4.62. The van der Waals surface area contributed by atoms with Crippen LogP contribution in [0.2, 0.25) is 5.02 Å². The number of amides is 1. The van der Waals surface area contributed by atoms with E-state index in [0.29, 0.717) is 10.6 Å². The third-order valence-electron chi connectivity index (χ3n) is 2.85. The van der Waals surface area contributed by atoms with Crippen molar-refractivity contribution >= 4 is 33.4 Å². The van der Waals surface area contributed by atoms with Gasteiger partial charge in [0.2, 0.25) is 0 Å². The molecule has 1 atom stereocenters. The van der Waals surface area contributed by atoms with E-state index in [0.717, 1.165) is 11.8 Å². The van der Waals surface area contributed by atoms with Crippen LogP contribution in [-0.2, 0) is 0 Å². The predicted molar refractivity (Wildman–Crippen MR) is 80.6 cm³/mol. The van der Waals surface area contributed by atoms with E-state index in [2.05, 4.69) is 42.0 Å². The van der Waals surface area contributed by atoms with Crippen molar-refractivity contribution < 1.29 is 4.79 Å². The molecule has 0 saturated heterocycles. The van der Waals surface area contributed by atoms with Gasteiger partial charge in [0.25, 0.3) is 5.91 Å². The van der Waals surface area contributed by atoms with Gasteiger partial charge in [-0.3, -0.25) is 4.79 Å². The highest BCUT2D eigenvalue weighted by atomic mass is 79.9. The molecule has 1 unspecified atom stereocenters. The van der Waals surface area contributed by atoms with Crippen LogP contribution in [0, 0.1) is 5.41 Å². The fourth-order valence-corrected chi connectivity index (χ4v) is 2.26. The molecular weight excluding hydrogens is 314 g/mol. The standard InChI is InChI=1S/C14H19BrClNO/c1-14(2,3)12(8-9-15)17-13(18)10-4-6-11(16)7-5-10/h4-7,12H,8-9H2,1-3H3,(H,17,18). The Balaban J connectivity index is 2.75. The van der Waals surface area contributed by atoms with E-state index in [4.69, 9.17) is 11.6 Å². The maximum absolute atomic E-state index is 12.1. The number of carbonyl (C=O) groups is 1. The lowest BCUT2D eigenvalue weighted by atomic mass is 9.85. The molecule has 0 radical (unpaired) electrons. The number of halogens is 2. The number of hydrogen-bond acceptors (Lipinski definition) is 1. The fourth-order valence-electron chi connectivity index (χ4n) is 1.67. The number of carbonyl (C=O) groups excluding carboxylic acids is 1. The molecule has 1 amide bonds. The Morgan fingerprint density at radius 3 is 2.33 bits per heavy atom. The van der Waals surface area contributed by atoms with Gasteiger partial charge in [-0.1, -0.05) is 48.3 Å². The maximum atomic E-state index is 12.1. The van der Waals surface area contributed by atoms with Crippen LogP contribution in [0.1, 0.15) is 37.6 Å². The Hall–Kier alpha value is -0.540. The first-order valence-corrected chi connectivity index (χ1v) is 7.47. The molecule has 1 aromatic carbocycles. The lowest BCUT2D eigenvalue weighted by Gasteiger charge is -2.31. The molecule has 0 saturated carbocycles. The van der Waals surface area contributed by atoms with Crippen molar-refractivity contribution in [3.05, 3.63) is 34.9 Å². The van der Waals surface area contributed by atoms with E-state index < -0.39 is 0 Å². The summed E-state index contributed by atoms with van der Waals surface area (Å²) in [6.07, 6.45) is 0.906. The van der Waals surface area contributed by atoms with Gasteiger partial charge in [0.05, 0.1) is 0 Å². The molecule has 1 aromatic rings. The molecule has 0 fully saturated rings. The van der Waals surface area contributed by atoms with Gasteiger partial charge in [-0.25, -0.2) is 0 Å². The smallest absolute Gasteiger partial charge is 0.251 e. The van der Waals surface area contributed by atoms with E-state index in [9.17, 15) is 4.79 Å². The molecule has 4 heteroatoms. The van der Waals surface area contributed by atoms with Crippen LogP contribution in [0.5, 0.6) is 0 Å². The normalized spacial score (nSPS) is 13.2. The fraction of sp³-hybridized carbons (Fsp3) is 0.500. The molecule has 1 rings (SSSR count). The molecule has 0 aromatic heterocycles. The van der Waals surface area contributed by atoms with Gasteiger partial charge in [0.1, 0.15) is 0 Å². The van der Waals surface area contributed by atoms with Crippen molar-refractivity contribution in [1.29, 1.82) is 0 Å². The van der Waals surface area contributed by atoms with E-state index in [1.165, 1.54) is 0 Å². The molecule has 1 N–H and O–H groups in total. The first kappa shape index (κ1) is 15.5. The minimum absolute atomic E-state index is 0.0376. The van der Waals surface area contributed by atoms with E-state index >= 15 is 0 Å². The summed E-state index contributed by atoms with van der Waals surface area (Å²) in [6, 6.07) is 7.08. The quantitative estimate of drug-likeness (QED) is 0.820. The number of rotatable bonds is 4. The van der Waals surface area contributed by atoms with Gasteiger partial charge < -0.3 is 5.32 Å². The van der Waals surface area contributed by atoms with Crippen molar-refractivity contribution in [2.45, 2.75) is 33.2 Å². The maximum Gasteiger partial charge on any atom is 0.251 e. The first-order valence-electron chi connectivity index (χ1n) is 5.97. The van der Waals surface area contributed by atoms with Crippen molar-refractivity contribution in [3.63, 3.8) is 0 Å². The summed E-state index contributed by atoms with van der Waals surface area (Å²) in [6.45, 7) is 6.38. The van der Waals surface area contributed by atoms with Crippen molar-refractivity contribution in [1.82, 2.24) is 5.32 Å². The van der Waals surface area contributed by atoms with Crippen LogP contribution in [0.4, 0.5) is 0 Å². The largest absolute Gasteiger partial charge is 0.349 e. The molecular formula is C14H19BrClNO. The topological polar surface area (TPSA) is 29.1 Å². The van der Waals surface area contributed by atoms with Crippen LogP contribution in [0.3, 0.4) is 0 Å². The van der Waals surface area contributed by atoms with Crippen LogP contribution in [0.15, 0.2) is 24.3 Å². The minimum Gasteiger partial charge on any atom is -0.349 e. The highest BCUT2D eigenvalue weighted by Gasteiger charge is 2.25. The summed E-state index contributed by atoms with van der Waals surface area (Å²) >= 11 is 9.24. The average molecular weight is 333 g/mol. The number of nitrogens with one attached hydrogen (secondary N) is 1. The summed E-state index contributed by atoms with van der Waals surface area (Å²) in [7, 11) is 0. The van der Waals surface area contributed by atoms with Gasteiger partial charge >= 0.3 is 0 Å². The Labute approximate surface area is 122 Å². The van der Waals surface area contributed by atoms with Gasteiger partial charge in [0, 0.05) is 22.0 Å². The van der Waals surface area contributed by atoms with Crippen LogP contribution >= 0.6 is 27.5 Å². The van der Waals surface area contributed by atoms with Crippen LogP contribution in [0.25, 0.3) is 0 Å². The Morgan fingerprint density at radius 2 is 1.89 bits per heavy atom. The lowest BCUT2D eigenvalue weighted by Crippen LogP contribution is -2.44. The van der Waals surface area contributed by atoms with Gasteiger partial charge in [-0.05, 0) is 36.1 Å². The number of alkyl halides is 1. The summed E-state index contributed by atoms with van der Waals surface area (Å²) < 4.78 is 0. The zero-order valence-corrected chi connectivity index (χ0v) is 13.3. The minimum atomic E-state index is -0.0486. The first-order chi connectivity index (χ1) is 8.34. The second kappa shape index (κ2) is 6.58. The Kier molecular flexibility index (Phi) is 5.67. The predicted octanol–water partition coefficient (Wildman–Crippen LogP) is 4.27. The molecule has 18 heavy (non-hydrogen) atoms. The Morgan fingerprint density at radius 1 is 1.33 bits per heavy atom. The van der Waals surface area contributed by atoms with Gasteiger partial charge in [-0.15, -0.1) is 0 Å². The van der Waals surface area contributed by atoms with Gasteiger partial charge in [0.15, 0.2) is 0 Å². The molecule has 0 aliphatic rings. The molecule has 0 aliphatic heterocycles. The van der Waals surface area contributed by atoms with Crippen LogP contribution in [-0.4, -0.2) is 17.3 Å². The molecule has 0 spiro atoms. The summed E-state index contributed by atoms with van der Waals surface area (Å²) in [5, 5.41) is 4.59. The monoisotopic (exact) mass is 331 g/mol. The highest BCUT2D eigenvalue weighted by Crippen LogP contribution is 2.23. The number of hydrogen-bond donors (Lipinski definition) is 1. The SMILES string of the molecule is CC(C)(C)C(CCBr)NC(=O)c1ccc(Cl)cc1. The van der Waals surface area contributed by atoms with Crippen LogP contribution < -0.4 is 5.32 Å². The highest BCUT2D eigenvalue weighted by molar-refractivity contribution is 9.09. The molecule has 0 bridgehead atoms. The average Bonchev–Trinajstić information content (AvgIpc) is 2.28. The van der Waals surface area contributed by atoms with Crippen molar-refractivity contribution in [2.75, 3.05) is 5.33 Å². The second-order valence-corrected chi connectivity index (χ2v) is 6.61. The molecule has 0 aliphatic carbocycles. The zero-order chi connectivity index (χ0) is 13.8. The number of benzene rings is 1. The second-order valence-electron chi connectivity index (χ2n) is 5.38. The van der Waals surface area contributed by atoms with Gasteiger partial charge in [-0.2, -0.15) is 0 Å². The summed E-state index contributed by atoms with van der Waals surface area (Å²) in [5.41, 5.74) is 0.679. The summed E-state index contributed by atoms with van der Waals surface area (Å²) in [5.74, 6) is -0.0486.